The van der Waals surface area contributed by atoms with E-state index in [0.29, 0.717) is 36.0 Å². The van der Waals surface area contributed by atoms with E-state index in [4.69, 9.17) is 4.74 Å². The Morgan fingerprint density at radius 1 is 1.20 bits per heavy atom. The third kappa shape index (κ3) is 3.73. The van der Waals surface area contributed by atoms with Crippen LogP contribution in [0.3, 0.4) is 0 Å². The maximum atomic E-state index is 13.4. The number of anilines is 3. The van der Waals surface area contributed by atoms with Gasteiger partial charge in [-0.25, -0.2) is 18.2 Å². The Kier molecular flexibility index (Phi) is 5.17. The van der Waals surface area contributed by atoms with E-state index in [-0.39, 0.29) is 29.8 Å². The molecule has 1 saturated carbocycles. The van der Waals surface area contributed by atoms with Crippen LogP contribution in [0, 0.1) is 24.4 Å². The van der Waals surface area contributed by atoms with Crippen molar-refractivity contribution < 1.29 is 22.7 Å². The number of benzene rings is 1. The van der Waals surface area contributed by atoms with Gasteiger partial charge in [-0.3, -0.25) is 4.79 Å². The van der Waals surface area contributed by atoms with E-state index in [1.807, 2.05) is 0 Å². The number of nitrogens with zero attached hydrogens (tertiary/aromatic N) is 3. The van der Waals surface area contributed by atoms with Gasteiger partial charge in [-0.1, -0.05) is 0 Å². The van der Waals surface area contributed by atoms with Gasteiger partial charge in [0.15, 0.2) is 23.3 Å². The van der Waals surface area contributed by atoms with Crippen molar-refractivity contribution in [2.24, 2.45) is 0 Å². The highest BCUT2D eigenvalue weighted by Gasteiger charge is 2.32. The normalized spacial score (nSPS) is 23.2. The number of fused-ring (bicyclic) bond motifs is 1. The molecule has 2 heterocycles. The molecule has 1 fully saturated rings. The highest BCUT2D eigenvalue weighted by atomic mass is 19.2. The number of ether oxygens (including phenoxy) is 1. The van der Waals surface area contributed by atoms with Crippen molar-refractivity contribution in [2.75, 3.05) is 22.6 Å². The third-order valence-corrected chi connectivity index (χ3v) is 5.59. The summed E-state index contributed by atoms with van der Waals surface area (Å²) in [6.45, 7) is 3.59. The van der Waals surface area contributed by atoms with Gasteiger partial charge in [0.05, 0.1) is 5.69 Å². The summed E-state index contributed by atoms with van der Waals surface area (Å²) in [7, 11) is 1.80. The van der Waals surface area contributed by atoms with Gasteiger partial charge in [-0.05, 0) is 26.7 Å². The van der Waals surface area contributed by atoms with Crippen LogP contribution in [0.1, 0.15) is 31.9 Å². The Bertz CT molecular complexity index is 980. The molecule has 0 unspecified atom stereocenters. The SMILES string of the molecule is Cc1nc(N[C@H]2CC[C@@H](Oc3cc(F)c(F)c(F)c3)C2)nc2c1NC(=O)[C@H](C)N2C. The summed E-state index contributed by atoms with van der Waals surface area (Å²) in [5.41, 5.74) is 1.25. The van der Waals surface area contributed by atoms with Gasteiger partial charge in [0, 0.05) is 31.6 Å². The molecule has 2 aromatic rings. The summed E-state index contributed by atoms with van der Waals surface area (Å²) in [5.74, 6) is -3.14. The average molecular weight is 421 g/mol. The van der Waals surface area contributed by atoms with Crippen LogP contribution in [0.2, 0.25) is 0 Å². The number of hydrogen-bond acceptors (Lipinski definition) is 6. The Balaban J connectivity index is 1.44. The monoisotopic (exact) mass is 421 g/mol. The van der Waals surface area contributed by atoms with E-state index >= 15 is 0 Å². The zero-order chi connectivity index (χ0) is 21.6. The molecule has 2 aliphatic rings. The molecule has 0 bridgehead atoms. The van der Waals surface area contributed by atoms with Gasteiger partial charge in [0.2, 0.25) is 11.9 Å². The van der Waals surface area contributed by atoms with E-state index in [1.165, 1.54) is 0 Å². The first-order valence-electron chi connectivity index (χ1n) is 9.73. The van der Waals surface area contributed by atoms with E-state index < -0.39 is 17.5 Å². The van der Waals surface area contributed by atoms with Crippen molar-refractivity contribution >= 4 is 23.4 Å². The van der Waals surface area contributed by atoms with Gasteiger partial charge in [0.25, 0.3) is 0 Å². The summed E-state index contributed by atoms with van der Waals surface area (Å²) < 4.78 is 45.5. The minimum absolute atomic E-state index is 0.00324. The number of aromatic nitrogens is 2. The lowest BCUT2D eigenvalue weighted by Crippen LogP contribution is -2.45. The number of amides is 1. The van der Waals surface area contributed by atoms with Gasteiger partial charge < -0.3 is 20.3 Å². The fourth-order valence-corrected chi connectivity index (χ4v) is 3.76. The number of aryl methyl sites for hydroxylation is 1. The van der Waals surface area contributed by atoms with Gasteiger partial charge in [-0.2, -0.15) is 4.98 Å². The standard InChI is InChI=1S/C20H22F3N5O2/c1-9-17-18(28(3)10(2)19(29)26-17)27-20(24-9)25-11-4-5-12(6-11)30-13-7-14(21)16(23)15(22)8-13/h7-8,10-12H,4-6H2,1-3H3,(H,26,29)(H,24,25,27)/t10-,11-,12+/m0/s1. The number of carbonyl (C=O) groups is 1. The molecule has 0 radical (unpaired) electrons. The largest absolute Gasteiger partial charge is 0.490 e. The molecule has 30 heavy (non-hydrogen) atoms. The lowest BCUT2D eigenvalue weighted by molar-refractivity contribution is -0.117. The first kappa shape index (κ1) is 20.2. The Labute approximate surface area is 171 Å². The molecule has 1 aromatic heterocycles. The Morgan fingerprint density at radius 2 is 1.90 bits per heavy atom. The topological polar surface area (TPSA) is 79.4 Å². The molecule has 10 heteroatoms. The number of hydrogen-bond donors (Lipinski definition) is 2. The first-order chi connectivity index (χ1) is 14.2. The molecule has 1 amide bonds. The van der Waals surface area contributed by atoms with E-state index in [0.717, 1.165) is 18.6 Å². The van der Waals surface area contributed by atoms with Crippen LogP contribution in [0.5, 0.6) is 5.75 Å². The van der Waals surface area contributed by atoms with Crippen LogP contribution < -0.4 is 20.3 Å². The number of rotatable bonds is 4. The number of likely N-dealkylation sites (N-methyl/N-ethyl adjacent to an activating group) is 1. The molecule has 0 spiro atoms. The van der Waals surface area contributed by atoms with Crippen LogP contribution in [0.25, 0.3) is 0 Å². The Hall–Kier alpha value is -3.04. The summed E-state index contributed by atoms with van der Waals surface area (Å²) in [5, 5.41) is 6.11. The van der Waals surface area contributed by atoms with Crippen molar-refractivity contribution in [1.82, 2.24) is 9.97 Å². The van der Waals surface area contributed by atoms with Crippen molar-refractivity contribution in [2.45, 2.75) is 51.3 Å². The first-order valence-corrected chi connectivity index (χ1v) is 9.73. The summed E-state index contributed by atoms with van der Waals surface area (Å²) in [6, 6.07) is 1.35. The predicted molar refractivity (Wildman–Crippen MR) is 105 cm³/mol. The smallest absolute Gasteiger partial charge is 0.246 e. The third-order valence-electron chi connectivity index (χ3n) is 5.59. The molecular weight excluding hydrogens is 399 g/mol. The molecular formula is C20H22F3N5O2. The van der Waals surface area contributed by atoms with Crippen molar-refractivity contribution in [1.29, 1.82) is 0 Å². The lowest BCUT2D eigenvalue weighted by atomic mass is 10.2. The molecule has 3 atom stereocenters. The second-order valence-electron chi connectivity index (χ2n) is 7.70. The minimum atomic E-state index is -1.51. The minimum Gasteiger partial charge on any atom is -0.490 e. The van der Waals surface area contributed by atoms with Gasteiger partial charge >= 0.3 is 0 Å². The van der Waals surface area contributed by atoms with Gasteiger partial charge in [-0.15, -0.1) is 0 Å². The quantitative estimate of drug-likeness (QED) is 0.737. The molecule has 2 N–H and O–H groups in total. The van der Waals surface area contributed by atoms with E-state index in [1.54, 1.807) is 25.8 Å². The zero-order valence-electron chi connectivity index (χ0n) is 16.8. The molecule has 7 nitrogen and oxygen atoms in total. The predicted octanol–water partition coefficient (Wildman–Crippen LogP) is 3.39. The van der Waals surface area contributed by atoms with E-state index in [9.17, 15) is 18.0 Å². The summed E-state index contributed by atoms with van der Waals surface area (Å²) in [4.78, 5) is 22.8. The van der Waals surface area contributed by atoms with E-state index in [2.05, 4.69) is 20.6 Å². The van der Waals surface area contributed by atoms with Crippen LogP contribution in [-0.2, 0) is 4.79 Å². The van der Waals surface area contributed by atoms with Crippen molar-refractivity contribution in [3.8, 4) is 5.75 Å². The van der Waals surface area contributed by atoms with Gasteiger partial charge in [0.1, 0.15) is 23.6 Å². The second-order valence-corrected chi connectivity index (χ2v) is 7.70. The van der Waals surface area contributed by atoms with Crippen LogP contribution in [0.4, 0.5) is 30.6 Å². The molecule has 4 rings (SSSR count). The number of halogens is 3. The maximum absolute atomic E-state index is 13.4. The zero-order valence-corrected chi connectivity index (χ0v) is 16.8. The average Bonchev–Trinajstić information content (AvgIpc) is 3.12. The number of nitrogens with one attached hydrogen (secondary N) is 2. The van der Waals surface area contributed by atoms with Crippen molar-refractivity contribution in [3.63, 3.8) is 0 Å². The highest BCUT2D eigenvalue weighted by molar-refractivity contribution is 6.03. The summed E-state index contributed by atoms with van der Waals surface area (Å²) >= 11 is 0. The molecule has 1 aliphatic carbocycles. The number of carbonyl (C=O) groups excluding carboxylic acids is 1. The molecule has 1 aliphatic heterocycles. The van der Waals surface area contributed by atoms with Crippen molar-refractivity contribution in [3.05, 3.63) is 35.3 Å². The van der Waals surface area contributed by atoms with Crippen LogP contribution in [0.15, 0.2) is 12.1 Å². The second kappa shape index (κ2) is 7.66. The maximum Gasteiger partial charge on any atom is 0.246 e. The van der Waals surface area contributed by atoms with Crippen LogP contribution >= 0.6 is 0 Å². The fourth-order valence-electron chi connectivity index (χ4n) is 3.76. The summed E-state index contributed by atoms with van der Waals surface area (Å²) in [6.07, 6.45) is 1.71. The molecule has 0 saturated heterocycles. The lowest BCUT2D eigenvalue weighted by Gasteiger charge is -2.32. The molecule has 1 aromatic carbocycles. The fraction of sp³-hybridized carbons (Fsp3) is 0.450. The molecule has 160 valence electrons. The van der Waals surface area contributed by atoms with Crippen LogP contribution in [-0.4, -0.2) is 41.1 Å². The highest BCUT2D eigenvalue weighted by Crippen LogP contribution is 2.33. The Morgan fingerprint density at radius 3 is 2.60 bits per heavy atom.